The van der Waals surface area contributed by atoms with Gasteiger partial charge in [0.2, 0.25) is 16.0 Å². The highest BCUT2D eigenvalue weighted by Crippen LogP contribution is 2.38. The molecule has 2 aliphatic heterocycles. The summed E-state index contributed by atoms with van der Waals surface area (Å²) in [6.45, 7) is 5.84. The highest BCUT2D eigenvalue weighted by molar-refractivity contribution is 7.89. The van der Waals surface area contributed by atoms with Crippen LogP contribution in [0.15, 0.2) is 65.6 Å². The number of piperidine rings is 1. The van der Waals surface area contributed by atoms with E-state index in [1.165, 1.54) is 0 Å². The lowest BCUT2D eigenvalue weighted by molar-refractivity contribution is 0.169. The number of sulfonamides is 1. The topological polar surface area (TPSA) is 66.4 Å². The molecule has 3 heterocycles. The van der Waals surface area contributed by atoms with Crippen LogP contribution < -0.4 is 4.90 Å². The zero-order chi connectivity index (χ0) is 21.6. The first-order valence-corrected chi connectivity index (χ1v) is 12.1. The SMILES string of the molecule is Cc1cc(C)nc(N2C[C@@H]3CCN(S(=O)(=O)c4ccccc4-c4ccccc4)C[C@@H]32)n1. The van der Waals surface area contributed by atoms with Gasteiger partial charge in [-0.15, -0.1) is 0 Å². The quantitative estimate of drug-likeness (QED) is 0.627. The number of rotatable bonds is 4. The molecule has 1 aromatic heterocycles. The Morgan fingerprint density at radius 1 is 0.903 bits per heavy atom. The molecule has 160 valence electrons. The third-order valence-electron chi connectivity index (χ3n) is 6.33. The van der Waals surface area contributed by atoms with Crippen molar-refractivity contribution in [1.82, 2.24) is 14.3 Å². The van der Waals surface area contributed by atoms with Gasteiger partial charge in [-0.05, 0) is 43.9 Å². The summed E-state index contributed by atoms with van der Waals surface area (Å²) < 4.78 is 29.0. The second-order valence-electron chi connectivity index (χ2n) is 8.44. The molecule has 0 N–H and O–H groups in total. The molecule has 7 heteroatoms. The van der Waals surface area contributed by atoms with Gasteiger partial charge < -0.3 is 4.90 Å². The molecule has 3 aromatic rings. The summed E-state index contributed by atoms with van der Waals surface area (Å²) >= 11 is 0. The smallest absolute Gasteiger partial charge is 0.243 e. The Morgan fingerprint density at radius 2 is 1.58 bits per heavy atom. The van der Waals surface area contributed by atoms with Crippen molar-refractivity contribution in [2.24, 2.45) is 5.92 Å². The van der Waals surface area contributed by atoms with Crippen LogP contribution in [-0.4, -0.2) is 48.4 Å². The van der Waals surface area contributed by atoms with Crippen molar-refractivity contribution in [2.75, 3.05) is 24.5 Å². The van der Waals surface area contributed by atoms with Crippen LogP contribution in [0.4, 0.5) is 5.95 Å². The van der Waals surface area contributed by atoms with E-state index in [4.69, 9.17) is 0 Å². The molecule has 6 nitrogen and oxygen atoms in total. The fraction of sp³-hybridized carbons (Fsp3) is 0.333. The average Bonchev–Trinajstić information content (AvgIpc) is 2.74. The summed E-state index contributed by atoms with van der Waals surface area (Å²) in [4.78, 5) is 11.7. The van der Waals surface area contributed by atoms with Gasteiger partial charge in [0.25, 0.3) is 0 Å². The first-order valence-electron chi connectivity index (χ1n) is 10.7. The molecule has 2 fully saturated rings. The third kappa shape index (κ3) is 3.62. The van der Waals surface area contributed by atoms with Gasteiger partial charge in [-0.3, -0.25) is 0 Å². The maximum absolute atomic E-state index is 13.7. The molecule has 2 saturated heterocycles. The molecule has 0 amide bonds. The van der Waals surface area contributed by atoms with Crippen LogP contribution in [0.1, 0.15) is 17.8 Å². The summed E-state index contributed by atoms with van der Waals surface area (Å²) in [7, 11) is -3.62. The molecular formula is C24H26N4O2S. The lowest BCUT2D eigenvalue weighted by Crippen LogP contribution is -2.65. The van der Waals surface area contributed by atoms with E-state index in [1.54, 1.807) is 16.4 Å². The van der Waals surface area contributed by atoms with E-state index in [9.17, 15) is 8.42 Å². The van der Waals surface area contributed by atoms with Crippen LogP contribution in [0.3, 0.4) is 0 Å². The first kappa shape index (κ1) is 20.2. The zero-order valence-electron chi connectivity index (χ0n) is 17.8. The minimum absolute atomic E-state index is 0.119. The summed E-state index contributed by atoms with van der Waals surface area (Å²) in [5, 5.41) is 0. The van der Waals surface area contributed by atoms with E-state index in [0.717, 1.165) is 35.5 Å². The van der Waals surface area contributed by atoms with Crippen LogP contribution >= 0.6 is 0 Å². The van der Waals surface area contributed by atoms with Crippen LogP contribution in [0.25, 0.3) is 11.1 Å². The van der Waals surface area contributed by atoms with Gasteiger partial charge in [-0.25, -0.2) is 18.4 Å². The van der Waals surface area contributed by atoms with E-state index in [1.807, 2.05) is 62.4 Å². The molecule has 2 atom stereocenters. The number of fused-ring (bicyclic) bond motifs is 1. The molecule has 0 aliphatic carbocycles. The van der Waals surface area contributed by atoms with Gasteiger partial charge >= 0.3 is 0 Å². The van der Waals surface area contributed by atoms with Crippen molar-refractivity contribution in [1.29, 1.82) is 0 Å². The predicted molar refractivity (Wildman–Crippen MR) is 121 cm³/mol. The lowest BCUT2D eigenvalue weighted by atomic mass is 9.83. The van der Waals surface area contributed by atoms with Crippen molar-refractivity contribution in [3.8, 4) is 11.1 Å². The van der Waals surface area contributed by atoms with Gasteiger partial charge in [0.1, 0.15) is 0 Å². The van der Waals surface area contributed by atoms with Gasteiger partial charge in [-0.1, -0.05) is 48.5 Å². The monoisotopic (exact) mass is 434 g/mol. The third-order valence-corrected chi connectivity index (χ3v) is 8.26. The Morgan fingerprint density at radius 3 is 2.32 bits per heavy atom. The van der Waals surface area contributed by atoms with Crippen LogP contribution in [0, 0.1) is 19.8 Å². The summed E-state index contributed by atoms with van der Waals surface area (Å²) in [6, 6.07) is 19.1. The van der Waals surface area contributed by atoms with Crippen molar-refractivity contribution < 1.29 is 8.42 Å². The average molecular weight is 435 g/mol. The number of aryl methyl sites for hydroxylation is 2. The zero-order valence-corrected chi connectivity index (χ0v) is 18.6. The molecule has 0 saturated carbocycles. The fourth-order valence-corrected chi connectivity index (χ4v) is 6.43. The van der Waals surface area contributed by atoms with E-state index in [0.29, 0.717) is 29.9 Å². The summed E-state index contributed by atoms with van der Waals surface area (Å²) in [5.74, 6) is 1.20. The molecule has 0 unspecified atom stereocenters. The second kappa shape index (κ2) is 7.73. The summed E-state index contributed by atoms with van der Waals surface area (Å²) in [6.07, 6.45) is 0.860. The van der Waals surface area contributed by atoms with Gasteiger partial charge in [0.15, 0.2) is 0 Å². The Hall–Kier alpha value is -2.77. The molecule has 2 aromatic carbocycles. The van der Waals surface area contributed by atoms with Gasteiger partial charge in [0, 0.05) is 36.6 Å². The highest BCUT2D eigenvalue weighted by Gasteiger charge is 2.46. The van der Waals surface area contributed by atoms with Crippen molar-refractivity contribution >= 4 is 16.0 Å². The molecule has 0 spiro atoms. The molecule has 0 bridgehead atoms. The van der Waals surface area contributed by atoms with Crippen LogP contribution in [0.5, 0.6) is 0 Å². The number of hydrogen-bond acceptors (Lipinski definition) is 5. The Labute approximate surface area is 183 Å². The number of aromatic nitrogens is 2. The number of nitrogens with zero attached hydrogens (tertiary/aromatic N) is 4. The Kier molecular flexibility index (Phi) is 5.02. The molecule has 2 aliphatic rings. The van der Waals surface area contributed by atoms with Crippen molar-refractivity contribution in [3.05, 3.63) is 72.1 Å². The van der Waals surface area contributed by atoms with Crippen molar-refractivity contribution in [2.45, 2.75) is 31.2 Å². The van der Waals surface area contributed by atoms with E-state index >= 15 is 0 Å². The largest absolute Gasteiger partial charge is 0.336 e. The maximum Gasteiger partial charge on any atom is 0.243 e. The Bertz CT molecular complexity index is 1190. The van der Waals surface area contributed by atoms with E-state index in [2.05, 4.69) is 14.9 Å². The minimum Gasteiger partial charge on any atom is -0.336 e. The van der Waals surface area contributed by atoms with Crippen LogP contribution in [-0.2, 0) is 10.0 Å². The molecular weight excluding hydrogens is 408 g/mol. The standard InChI is InChI=1S/C24H26N4O2S/c1-17-14-18(2)26-24(25-17)28-15-20-12-13-27(16-22(20)28)31(29,30)23-11-7-6-10-21(23)19-8-4-3-5-9-19/h3-11,14,20,22H,12-13,15-16H2,1-2H3/t20-,22-/m0/s1. The molecule has 0 radical (unpaired) electrons. The number of hydrogen-bond donors (Lipinski definition) is 0. The summed E-state index contributed by atoms with van der Waals surface area (Å²) in [5.41, 5.74) is 3.52. The first-order chi connectivity index (χ1) is 14.9. The highest BCUT2D eigenvalue weighted by atomic mass is 32.2. The van der Waals surface area contributed by atoms with E-state index < -0.39 is 10.0 Å². The lowest BCUT2D eigenvalue weighted by Gasteiger charge is -2.53. The minimum atomic E-state index is -3.62. The second-order valence-corrected chi connectivity index (χ2v) is 10.4. The van der Waals surface area contributed by atoms with Crippen LogP contribution in [0.2, 0.25) is 0 Å². The normalized spacial score (nSPS) is 21.4. The van der Waals surface area contributed by atoms with Crippen molar-refractivity contribution in [3.63, 3.8) is 0 Å². The fourth-order valence-electron chi connectivity index (χ4n) is 4.74. The molecule has 31 heavy (non-hydrogen) atoms. The predicted octanol–water partition coefficient (Wildman–Crippen LogP) is 3.66. The molecule has 5 rings (SSSR count). The maximum atomic E-state index is 13.7. The van der Waals surface area contributed by atoms with E-state index in [-0.39, 0.29) is 6.04 Å². The number of benzene rings is 2. The van der Waals surface area contributed by atoms with Gasteiger partial charge in [0.05, 0.1) is 10.9 Å². The van der Waals surface area contributed by atoms with Gasteiger partial charge in [-0.2, -0.15) is 4.31 Å². The number of anilines is 1. The Balaban J connectivity index is 1.44.